The van der Waals surface area contributed by atoms with Crippen LogP contribution in [0.4, 0.5) is 5.69 Å². The molecule has 0 radical (unpaired) electrons. The maximum Gasteiger partial charge on any atom is 0.191 e. The van der Waals surface area contributed by atoms with Crippen molar-refractivity contribution in [2.24, 2.45) is 5.10 Å². The van der Waals surface area contributed by atoms with E-state index in [1.165, 1.54) is 6.21 Å². The van der Waals surface area contributed by atoms with Crippen molar-refractivity contribution in [3.63, 3.8) is 0 Å². The Bertz CT molecular complexity index is 892. The number of hydrogen-bond acceptors (Lipinski definition) is 4. The second kappa shape index (κ2) is 6.76. The molecule has 0 spiro atoms. The van der Waals surface area contributed by atoms with Crippen molar-refractivity contribution in [2.75, 3.05) is 5.32 Å². The van der Waals surface area contributed by atoms with Gasteiger partial charge < -0.3 is 10.4 Å². The van der Waals surface area contributed by atoms with E-state index in [-0.39, 0.29) is 5.75 Å². The Balaban J connectivity index is 1.62. The highest BCUT2D eigenvalue weighted by atomic mass is 79.9. The third kappa shape index (κ3) is 3.85. The summed E-state index contributed by atoms with van der Waals surface area (Å²) >= 11 is 8.52. The van der Waals surface area contributed by atoms with Gasteiger partial charge in [0.05, 0.1) is 17.9 Å². The number of nitrogens with zero attached hydrogens (tertiary/aromatic N) is 2. The van der Waals surface area contributed by atoms with Gasteiger partial charge in [-0.1, -0.05) is 15.9 Å². The van der Waals surface area contributed by atoms with Crippen molar-refractivity contribution in [3.8, 4) is 5.75 Å². The van der Waals surface area contributed by atoms with Gasteiger partial charge in [-0.05, 0) is 48.6 Å². The first-order valence-electron chi connectivity index (χ1n) is 6.63. The van der Waals surface area contributed by atoms with Crippen LogP contribution in [0.1, 0.15) is 5.56 Å². The minimum Gasteiger partial charge on any atom is -0.507 e. The molecule has 8 heteroatoms. The standard InChI is InChI=1S/C15H12BrN5OS/c16-11-2-4-14(22)10(5-11)8-18-21-15(23)19-12-3-1-9-7-17-20-13(9)6-12/h1-8,22H,(H,17,20)(H2,19,21,23)/b18-8-. The number of fused-ring (bicyclic) bond motifs is 1. The molecule has 0 atom stereocenters. The number of rotatable bonds is 3. The first-order valence-corrected chi connectivity index (χ1v) is 7.83. The van der Waals surface area contributed by atoms with Gasteiger partial charge in [0.25, 0.3) is 0 Å². The molecule has 0 aliphatic rings. The SMILES string of the molecule is Oc1ccc(Br)cc1/C=N\NC(=S)Nc1ccc2cn[nH]c2c1. The molecule has 2 aromatic carbocycles. The van der Waals surface area contributed by atoms with Crippen LogP contribution in [0.25, 0.3) is 10.9 Å². The summed E-state index contributed by atoms with van der Waals surface area (Å²) in [5.41, 5.74) is 5.02. The zero-order valence-electron chi connectivity index (χ0n) is 11.7. The molecular formula is C15H12BrN5OS. The monoisotopic (exact) mass is 389 g/mol. The van der Waals surface area contributed by atoms with Crippen molar-refractivity contribution >= 4 is 56.1 Å². The number of aromatic amines is 1. The van der Waals surface area contributed by atoms with E-state index in [1.54, 1.807) is 24.4 Å². The number of hydrazone groups is 1. The number of H-pyrrole nitrogens is 1. The lowest BCUT2D eigenvalue weighted by atomic mass is 10.2. The minimum absolute atomic E-state index is 0.141. The summed E-state index contributed by atoms with van der Waals surface area (Å²) in [4.78, 5) is 0. The number of anilines is 1. The third-order valence-corrected chi connectivity index (χ3v) is 3.75. The van der Waals surface area contributed by atoms with Crippen LogP contribution in [0.5, 0.6) is 5.75 Å². The molecule has 1 aromatic heterocycles. The molecule has 3 aromatic rings. The number of halogens is 1. The van der Waals surface area contributed by atoms with E-state index in [1.807, 2.05) is 18.2 Å². The summed E-state index contributed by atoms with van der Waals surface area (Å²) in [7, 11) is 0. The normalized spacial score (nSPS) is 11.0. The molecule has 4 N–H and O–H groups in total. The molecule has 116 valence electrons. The summed E-state index contributed by atoms with van der Waals surface area (Å²) in [6.45, 7) is 0. The third-order valence-electron chi connectivity index (χ3n) is 3.06. The van der Waals surface area contributed by atoms with Crippen LogP contribution >= 0.6 is 28.1 Å². The Kier molecular flexibility index (Phi) is 4.54. The van der Waals surface area contributed by atoms with E-state index in [4.69, 9.17) is 12.2 Å². The van der Waals surface area contributed by atoms with E-state index in [0.29, 0.717) is 10.7 Å². The quantitative estimate of drug-likeness (QED) is 0.313. The van der Waals surface area contributed by atoms with Crippen LogP contribution in [-0.4, -0.2) is 26.6 Å². The van der Waals surface area contributed by atoms with Gasteiger partial charge in [-0.3, -0.25) is 10.5 Å². The maximum atomic E-state index is 9.72. The van der Waals surface area contributed by atoms with Crippen molar-refractivity contribution in [2.45, 2.75) is 0 Å². The van der Waals surface area contributed by atoms with Crippen LogP contribution in [-0.2, 0) is 0 Å². The number of nitrogens with one attached hydrogen (secondary N) is 3. The molecule has 0 aliphatic carbocycles. The predicted octanol–water partition coefficient (Wildman–Crippen LogP) is 3.35. The van der Waals surface area contributed by atoms with E-state index in [0.717, 1.165) is 21.1 Å². The zero-order valence-corrected chi connectivity index (χ0v) is 14.1. The molecule has 3 rings (SSSR count). The first-order chi connectivity index (χ1) is 11.1. The van der Waals surface area contributed by atoms with E-state index < -0.39 is 0 Å². The number of hydrogen-bond donors (Lipinski definition) is 4. The van der Waals surface area contributed by atoms with Gasteiger partial charge in [-0.25, -0.2) is 0 Å². The predicted molar refractivity (Wildman–Crippen MR) is 98.9 cm³/mol. The molecule has 0 fully saturated rings. The highest BCUT2D eigenvalue weighted by Crippen LogP contribution is 2.20. The van der Waals surface area contributed by atoms with Gasteiger partial charge in [-0.15, -0.1) is 0 Å². The van der Waals surface area contributed by atoms with Crippen molar-refractivity contribution in [1.82, 2.24) is 15.6 Å². The molecule has 0 saturated carbocycles. The highest BCUT2D eigenvalue weighted by molar-refractivity contribution is 9.10. The molecule has 23 heavy (non-hydrogen) atoms. The van der Waals surface area contributed by atoms with Crippen LogP contribution < -0.4 is 10.7 Å². The number of aromatic hydroxyl groups is 1. The lowest BCUT2D eigenvalue weighted by Gasteiger charge is -2.07. The summed E-state index contributed by atoms with van der Waals surface area (Å²) < 4.78 is 0.852. The molecule has 0 unspecified atom stereocenters. The first kappa shape index (κ1) is 15.4. The number of benzene rings is 2. The lowest BCUT2D eigenvalue weighted by Crippen LogP contribution is -2.23. The van der Waals surface area contributed by atoms with E-state index in [9.17, 15) is 5.11 Å². The molecule has 0 amide bonds. The fourth-order valence-electron chi connectivity index (χ4n) is 1.96. The fourth-order valence-corrected chi connectivity index (χ4v) is 2.51. The van der Waals surface area contributed by atoms with Gasteiger partial charge >= 0.3 is 0 Å². The maximum absolute atomic E-state index is 9.72. The second-order valence-electron chi connectivity index (χ2n) is 4.70. The lowest BCUT2D eigenvalue weighted by molar-refractivity contribution is 0.474. The van der Waals surface area contributed by atoms with Crippen LogP contribution in [0.3, 0.4) is 0 Å². The Morgan fingerprint density at radius 2 is 2.17 bits per heavy atom. The molecule has 6 nitrogen and oxygen atoms in total. The largest absolute Gasteiger partial charge is 0.507 e. The molecule has 0 bridgehead atoms. The Labute approximate surface area is 145 Å². The second-order valence-corrected chi connectivity index (χ2v) is 6.02. The minimum atomic E-state index is 0.141. The van der Waals surface area contributed by atoms with Gasteiger partial charge in [0.15, 0.2) is 5.11 Å². The van der Waals surface area contributed by atoms with Gasteiger partial charge in [0.1, 0.15) is 5.75 Å². The number of phenols is 1. The van der Waals surface area contributed by atoms with Crippen LogP contribution in [0, 0.1) is 0 Å². The summed E-state index contributed by atoms with van der Waals surface area (Å²) in [6, 6.07) is 10.8. The zero-order chi connectivity index (χ0) is 16.2. The highest BCUT2D eigenvalue weighted by Gasteiger charge is 2.01. The smallest absolute Gasteiger partial charge is 0.191 e. The Morgan fingerprint density at radius 3 is 3.04 bits per heavy atom. The average Bonchev–Trinajstić information content (AvgIpc) is 2.98. The average molecular weight is 390 g/mol. The number of phenolic OH excluding ortho intramolecular Hbond substituents is 1. The van der Waals surface area contributed by atoms with Crippen molar-refractivity contribution in [3.05, 3.63) is 52.6 Å². The fraction of sp³-hybridized carbons (Fsp3) is 0. The number of aromatic nitrogens is 2. The molecule has 0 aliphatic heterocycles. The van der Waals surface area contributed by atoms with Gasteiger partial charge in [0, 0.05) is 21.1 Å². The topological polar surface area (TPSA) is 85.3 Å². The van der Waals surface area contributed by atoms with Gasteiger partial charge in [-0.2, -0.15) is 10.2 Å². The van der Waals surface area contributed by atoms with Gasteiger partial charge in [0.2, 0.25) is 0 Å². The van der Waals surface area contributed by atoms with E-state index >= 15 is 0 Å². The van der Waals surface area contributed by atoms with Crippen molar-refractivity contribution < 1.29 is 5.11 Å². The summed E-state index contributed by atoms with van der Waals surface area (Å²) in [6.07, 6.45) is 3.25. The Morgan fingerprint density at radius 1 is 1.30 bits per heavy atom. The summed E-state index contributed by atoms with van der Waals surface area (Å²) in [5, 5.41) is 25.0. The molecule has 1 heterocycles. The van der Waals surface area contributed by atoms with Crippen molar-refractivity contribution in [1.29, 1.82) is 0 Å². The van der Waals surface area contributed by atoms with Crippen LogP contribution in [0.2, 0.25) is 0 Å². The number of thiocarbonyl (C=S) groups is 1. The molecular weight excluding hydrogens is 378 g/mol. The Hall–Kier alpha value is -2.45. The van der Waals surface area contributed by atoms with E-state index in [2.05, 4.69) is 42.0 Å². The van der Waals surface area contributed by atoms with Crippen LogP contribution in [0.15, 0.2) is 52.2 Å². The summed E-state index contributed by atoms with van der Waals surface area (Å²) in [5.74, 6) is 0.141. The molecule has 0 saturated heterocycles.